The van der Waals surface area contributed by atoms with Gasteiger partial charge in [-0.25, -0.2) is 4.98 Å². The normalized spacial score (nSPS) is 30.2. The zero-order valence-corrected chi connectivity index (χ0v) is 14.3. The molecule has 3 aliphatic rings. The lowest BCUT2D eigenvalue weighted by atomic mass is 9.79. The van der Waals surface area contributed by atoms with Crippen LogP contribution in [0, 0.1) is 0 Å². The minimum absolute atomic E-state index is 0.0459. The molecule has 0 bridgehead atoms. The van der Waals surface area contributed by atoms with Gasteiger partial charge in [0.2, 0.25) is 5.95 Å². The number of benzene rings is 1. The molecule has 1 atom stereocenters. The van der Waals surface area contributed by atoms with Gasteiger partial charge in [-0.3, -0.25) is 19.3 Å². The van der Waals surface area contributed by atoms with Crippen molar-refractivity contribution in [2.75, 3.05) is 25.5 Å². The van der Waals surface area contributed by atoms with Crippen LogP contribution in [0.15, 0.2) is 45.8 Å². The molecule has 5 rings (SSSR count). The zero-order valence-electron chi connectivity index (χ0n) is 14.3. The van der Waals surface area contributed by atoms with E-state index in [4.69, 9.17) is 4.98 Å². The summed E-state index contributed by atoms with van der Waals surface area (Å²) >= 11 is 0. The Hall–Kier alpha value is -2.47. The van der Waals surface area contributed by atoms with E-state index in [1.54, 1.807) is 0 Å². The average Bonchev–Trinajstić information content (AvgIpc) is 3.27. The number of aromatic nitrogens is 2. The van der Waals surface area contributed by atoms with Gasteiger partial charge in [0.25, 0.3) is 5.56 Å². The maximum atomic E-state index is 13.2. The summed E-state index contributed by atoms with van der Waals surface area (Å²) in [6, 6.07) is 7.78. The van der Waals surface area contributed by atoms with Crippen LogP contribution in [0.2, 0.25) is 0 Å². The fourth-order valence-corrected chi connectivity index (χ4v) is 4.14. The standard InChI is InChI=1S/C19H21N5O/c1-23-12-19(23)9-14(10-19)24-17(25)15-6-2-3-7-16(15)22-18(24)21-13-5-4-8-20-11-13/h2-3,5-7,11,14H,4,8-10,12H2,1H3,(H,21,22). The smallest absolute Gasteiger partial charge is 0.263 e. The number of rotatable bonds is 3. The van der Waals surface area contributed by atoms with Crippen LogP contribution in [-0.4, -0.2) is 46.3 Å². The molecule has 2 aliphatic heterocycles. The van der Waals surface area contributed by atoms with Crippen LogP contribution in [-0.2, 0) is 0 Å². The summed E-state index contributed by atoms with van der Waals surface area (Å²) in [5.74, 6) is 0.631. The van der Waals surface area contributed by atoms with Gasteiger partial charge in [0, 0.05) is 30.9 Å². The molecule has 1 N–H and O–H groups in total. The highest BCUT2D eigenvalue weighted by molar-refractivity contribution is 5.84. The van der Waals surface area contributed by atoms with Crippen LogP contribution in [0.5, 0.6) is 0 Å². The summed E-state index contributed by atoms with van der Waals surface area (Å²) in [5, 5.41) is 4.03. The summed E-state index contributed by atoms with van der Waals surface area (Å²) in [6.07, 6.45) is 6.88. The van der Waals surface area contributed by atoms with Gasteiger partial charge in [0.05, 0.1) is 16.6 Å². The first-order valence-electron chi connectivity index (χ1n) is 8.86. The largest absolute Gasteiger partial charge is 0.324 e. The molecule has 1 aromatic carbocycles. The Morgan fingerprint density at radius 3 is 2.80 bits per heavy atom. The number of nitrogens with zero attached hydrogens (tertiary/aromatic N) is 4. The molecule has 1 aliphatic carbocycles. The molecule has 3 heterocycles. The number of allylic oxidation sites excluding steroid dienone is 1. The third-order valence-corrected chi connectivity index (χ3v) is 5.75. The van der Waals surface area contributed by atoms with Crippen LogP contribution in [0.25, 0.3) is 10.9 Å². The molecule has 128 valence electrons. The second kappa shape index (κ2) is 5.26. The third-order valence-electron chi connectivity index (χ3n) is 5.75. The molecule has 25 heavy (non-hydrogen) atoms. The average molecular weight is 335 g/mol. The van der Waals surface area contributed by atoms with Crippen LogP contribution in [0.4, 0.5) is 5.95 Å². The van der Waals surface area contributed by atoms with E-state index in [2.05, 4.69) is 28.3 Å². The Balaban J connectivity index is 1.58. The Morgan fingerprint density at radius 1 is 1.28 bits per heavy atom. The summed E-state index contributed by atoms with van der Waals surface area (Å²) in [5.41, 5.74) is 2.03. The van der Waals surface area contributed by atoms with Crippen molar-refractivity contribution in [2.45, 2.75) is 30.8 Å². The molecular formula is C19H21N5O. The third kappa shape index (κ3) is 2.32. The van der Waals surface area contributed by atoms with Crippen LogP contribution >= 0.6 is 0 Å². The van der Waals surface area contributed by atoms with E-state index in [9.17, 15) is 4.79 Å². The molecule has 6 heteroatoms. The van der Waals surface area contributed by atoms with Gasteiger partial charge in [-0.05, 0) is 38.4 Å². The monoisotopic (exact) mass is 335 g/mol. The Labute approximate surface area is 145 Å². The molecule has 1 spiro atoms. The van der Waals surface area contributed by atoms with E-state index < -0.39 is 0 Å². The highest BCUT2D eigenvalue weighted by Gasteiger charge is 2.59. The summed E-state index contributed by atoms with van der Waals surface area (Å²) in [6.45, 7) is 1.96. The number of likely N-dealkylation sites (N-methyl/N-ethyl adjacent to an activating group) is 1. The van der Waals surface area contributed by atoms with Crippen LogP contribution in [0.3, 0.4) is 0 Å². The first-order chi connectivity index (χ1) is 12.2. The molecule has 6 nitrogen and oxygen atoms in total. The maximum Gasteiger partial charge on any atom is 0.263 e. The zero-order chi connectivity index (χ0) is 17.0. The maximum absolute atomic E-state index is 13.2. The van der Waals surface area contributed by atoms with E-state index in [0.29, 0.717) is 16.9 Å². The van der Waals surface area contributed by atoms with Gasteiger partial charge in [0.1, 0.15) is 0 Å². The number of dihydropyridines is 1. The molecule has 1 saturated heterocycles. The second-order valence-electron chi connectivity index (χ2n) is 7.38. The molecule has 1 saturated carbocycles. The highest BCUT2D eigenvalue weighted by atomic mass is 16.1. The number of aliphatic imine (C=N–C) groups is 1. The van der Waals surface area contributed by atoms with Gasteiger partial charge in [-0.15, -0.1) is 0 Å². The topological polar surface area (TPSA) is 62.3 Å². The molecular weight excluding hydrogens is 314 g/mol. The number of para-hydroxylation sites is 1. The minimum atomic E-state index is 0.0459. The highest BCUT2D eigenvalue weighted by Crippen LogP contribution is 2.53. The van der Waals surface area contributed by atoms with Crippen molar-refractivity contribution in [3.8, 4) is 0 Å². The molecule has 0 amide bonds. The molecule has 2 fully saturated rings. The van der Waals surface area contributed by atoms with Crippen molar-refractivity contribution >= 4 is 23.1 Å². The van der Waals surface area contributed by atoms with Crippen LogP contribution < -0.4 is 10.9 Å². The summed E-state index contributed by atoms with van der Waals surface area (Å²) < 4.78 is 1.86. The minimum Gasteiger partial charge on any atom is -0.324 e. The second-order valence-corrected chi connectivity index (χ2v) is 7.38. The predicted octanol–water partition coefficient (Wildman–Crippen LogP) is 2.19. The first-order valence-corrected chi connectivity index (χ1v) is 8.86. The molecule has 1 unspecified atom stereocenters. The number of fused-ring (bicyclic) bond motifs is 1. The van der Waals surface area contributed by atoms with E-state index in [-0.39, 0.29) is 11.6 Å². The lowest BCUT2D eigenvalue weighted by Gasteiger charge is -2.38. The molecule has 1 aromatic heterocycles. The number of nitrogens with one attached hydrogen (secondary N) is 1. The van der Waals surface area contributed by atoms with Crippen molar-refractivity contribution in [2.24, 2.45) is 4.99 Å². The van der Waals surface area contributed by atoms with Gasteiger partial charge in [0.15, 0.2) is 0 Å². The Morgan fingerprint density at radius 2 is 2.08 bits per heavy atom. The van der Waals surface area contributed by atoms with E-state index in [0.717, 1.165) is 43.6 Å². The fourth-order valence-electron chi connectivity index (χ4n) is 4.14. The summed E-state index contributed by atoms with van der Waals surface area (Å²) in [7, 11) is 2.15. The quantitative estimate of drug-likeness (QED) is 0.874. The Kier molecular flexibility index (Phi) is 3.12. The van der Waals surface area contributed by atoms with Gasteiger partial charge < -0.3 is 5.32 Å². The first kappa shape index (κ1) is 14.8. The predicted molar refractivity (Wildman–Crippen MR) is 99.3 cm³/mol. The molecule has 0 radical (unpaired) electrons. The molecule has 2 aromatic rings. The van der Waals surface area contributed by atoms with Crippen molar-refractivity contribution < 1.29 is 0 Å². The van der Waals surface area contributed by atoms with Crippen molar-refractivity contribution in [3.05, 3.63) is 46.4 Å². The number of hydrogen-bond acceptors (Lipinski definition) is 5. The SMILES string of the molecule is CN1CC12CC(n1c(NC3=CCCN=C3)nc3ccccc3c1=O)C2. The number of hydrogen-bond donors (Lipinski definition) is 1. The number of anilines is 1. The van der Waals surface area contributed by atoms with E-state index in [1.165, 1.54) is 0 Å². The van der Waals surface area contributed by atoms with Gasteiger partial charge >= 0.3 is 0 Å². The Bertz CT molecular complexity index is 967. The lowest BCUT2D eigenvalue weighted by molar-refractivity contribution is 0.193. The fraction of sp³-hybridized carbons (Fsp3) is 0.421. The summed E-state index contributed by atoms with van der Waals surface area (Å²) in [4.78, 5) is 24.6. The van der Waals surface area contributed by atoms with Gasteiger partial charge in [-0.1, -0.05) is 18.2 Å². The van der Waals surface area contributed by atoms with Gasteiger partial charge in [-0.2, -0.15) is 0 Å². The van der Waals surface area contributed by atoms with Crippen molar-refractivity contribution in [1.82, 2.24) is 14.5 Å². The van der Waals surface area contributed by atoms with Crippen molar-refractivity contribution in [3.63, 3.8) is 0 Å². The van der Waals surface area contributed by atoms with E-state index in [1.807, 2.05) is 35.0 Å². The van der Waals surface area contributed by atoms with E-state index >= 15 is 0 Å². The lowest BCUT2D eigenvalue weighted by Crippen LogP contribution is -2.42. The van der Waals surface area contributed by atoms with Crippen molar-refractivity contribution in [1.29, 1.82) is 0 Å². The van der Waals surface area contributed by atoms with Crippen LogP contribution in [0.1, 0.15) is 25.3 Å².